The summed E-state index contributed by atoms with van der Waals surface area (Å²) in [6.45, 7) is 6.16. The van der Waals surface area contributed by atoms with Crippen LogP contribution >= 0.6 is 0 Å². The molecule has 106 valence electrons. The Morgan fingerprint density at radius 1 is 1.28 bits per heavy atom. The van der Waals surface area contributed by atoms with E-state index >= 15 is 0 Å². The number of nitrogens with two attached hydrogens (primary N) is 1. The van der Waals surface area contributed by atoms with Gasteiger partial charge in [0.1, 0.15) is 6.54 Å². The van der Waals surface area contributed by atoms with Crippen LogP contribution in [0.25, 0.3) is 0 Å². The number of amides is 1. The minimum atomic E-state index is -0.967. The van der Waals surface area contributed by atoms with Gasteiger partial charge in [-0.05, 0) is 39.2 Å². The molecule has 0 fully saturated rings. The minimum absolute atomic E-state index is 0.0804. The summed E-state index contributed by atoms with van der Waals surface area (Å²) in [5, 5.41) is 8.78. The third-order valence-electron chi connectivity index (χ3n) is 3.17. The molecule has 0 rings (SSSR count). The molecule has 0 saturated carbocycles. The van der Waals surface area contributed by atoms with Crippen LogP contribution in [0.4, 0.5) is 0 Å². The van der Waals surface area contributed by atoms with Crippen LogP contribution in [-0.2, 0) is 9.59 Å². The first-order chi connectivity index (χ1) is 8.42. The number of aliphatic carboxylic acids is 1. The van der Waals surface area contributed by atoms with Gasteiger partial charge in [-0.2, -0.15) is 0 Å². The summed E-state index contributed by atoms with van der Waals surface area (Å²) in [7, 11) is 0. The lowest BCUT2D eigenvalue weighted by molar-refractivity contribution is -0.145. The van der Waals surface area contributed by atoms with E-state index in [-0.39, 0.29) is 18.5 Å². The van der Waals surface area contributed by atoms with Crippen LogP contribution in [0.5, 0.6) is 0 Å². The van der Waals surface area contributed by atoms with Crippen molar-refractivity contribution >= 4 is 11.9 Å². The van der Waals surface area contributed by atoms with E-state index in [0.29, 0.717) is 18.9 Å². The molecule has 0 aliphatic rings. The van der Waals surface area contributed by atoms with Crippen LogP contribution in [0.15, 0.2) is 0 Å². The monoisotopic (exact) mass is 258 g/mol. The minimum Gasteiger partial charge on any atom is -0.480 e. The van der Waals surface area contributed by atoms with E-state index in [0.717, 1.165) is 19.3 Å². The van der Waals surface area contributed by atoms with Gasteiger partial charge < -0.3 is 15.7 Å². The quantitative estimate of drug-likeness (QED) is 0.656. The number of carboxylic acids is 1. The van der Waals surface area contributed by atoms with Gasteiger partial charge in [-0.25, -0.2) is 0 Å². The van der Waals surface area contributed by atoms with E-state index in [1.165, 1.54) is 4.90 Å². The van der Waals surface area contributed by atoms with Crippen molar-refractivity contribution in [3.8, 4) is 0 Å². The highest BCUT2D eigenvalue weighted by Gasteiger charge is 2.20. The van der Waals surface area contributed by atoms with Crippen molar-refractivity contribution in [1.29, 1.82) is 0 Å². The van der Waals surface area contributed by atoms with Crippen molar-refractivity contribution in [2.75, 3.05) is 13.1 Å². The standard InChI is InChI=1S/C13H26N2O3/c1-4-11(7-8-14)5-6-12(16)15(10(2)3)9-13(17)18/h10-11H,4-9,14H2,1-3H3,(H,17,18). The Bertz CT molecular complexity index is 267. The lowest BCUT2D eigenvalue weighted by Crippen LogP contribution is -2.40. The molecule has 0 bridgehead atoms. The predicted octanol–water partition coefficient (Wildman–Crippen LogP) is 1.46. The molecular formula is C13H26N2O3. The Kier molecular flexibility index (Phi) is 8.37. The topological polar surface area (TPSA) is 83.6 Å². The van der Waals surface area contributed by atoms with E-state index in [1.54, 1.807) is 0 Å². The molecule has 0 spiro atoms. The molecule has 0 saturated heterocycles. The molecule has 5 nitrogen and oxygen atoms in total. The average molecular weight is 258 g/mol. The molecule has 0 aliphatic heterocycles. The third-order valence-corrected chi connectivity index (χ3v) is 3.17. The van der Waals surface area contributed by atoms with Gasteiger partial charge >= 0.3 is 5.97 Å². The first-order valence-corrected chi connectivity index (χ1v) is 6.63. The smallest absolute Gasteiger partial charge is 0.323 e. The summed E-state index contributed by atoms with van der Waals surface area (Å²) in [5.41, 5.74) is 5.51. The Balaban J connectivity index is 4.29. The molecule has 0 aliphatic carbocycles. The molecule has 3 N–H and O–H groups in total. The summed E-state index contributed by atoms with van der Waals surface area (Å²) in [6, 6.07) is -0.0804. The van der Waals surface area contributed by atoms with Gasteiger partial charge in [-0.15, -0.1) is 0 Å². The Labute approximate surface area is 109 Å². The molecule has 0 aromatic carbocycles. The van der Waals surface area contributed by atoms with Crippen molar-refractivity contribution in [2.24, 2.45) is 11.7 Å². The second-order valence-electron chi connectivity index (χ2n) is 4.90. The summed E-state index contributed by atoms with van der Waals surface area (Å²) in [5.74, 6) is -0.591. The summed E-state index contributed by atoms with van der Waals surface area (Å²) in [4.78, 5) is 24.1. The number of carbonyl (C=O) groups is 2. The first kappa shape index (κ1) is 16.9. The zero-order chi connectivity index (χ0) is 14.1. The van der Waals surface area contributed by atoms with Gasteiger partial charge in [0, 0.05) is 12.5 Å². The van der Waals surface area contributed by atoms with E-state index in [1.807, 2.05) is 13.8 Å². The van der Waals surface area contributed by atoms with Crippen molar-refractivity contribution < 1.29 is 14.7 Å². The van der Waals surface area contributed by atoms with Crippen LogP contribution in [0.2, 0.25) is 0 Å². The zero-order valence-corrected chi connectivity index (χ0v) is 11.7. The van der Waals surface area contributed by atoms with Crippen molar-refractivity contribution in [1.82, 2.24) is 4.90 Å². The number of hydrogen-bond donors (Lipinski definition) is 2. The Morgan fingerprint density at radius 2 is 1.89 bits per heavy atom. The van der Waals surface area contributed by atoms with Gasteiger partial charge in [-0.3, -0.25) is 9.59 Å². The molecular weight excluding hydrogens is 232 g/mol. The van der Waals surface area contributed by atoms with E-state index < -0.39 is 5.97 Å². The maximum atomic E-state index is 12.0. The first-order valence-electron chi connectivity index (χ1n) is 6.63. The number of carbonyl (C=O) groups excluding carboxylic acids is 1. The molecule has 5 heteroatoms. The maximum Gasteiger partial charge on any atom is 0.323 e. The molecule has 0 aromatic heterocycles. The highest BCUT2D eigenvalue weighted by molar-refractivity contribution is 5.81. The SMILES string of the molecule is CCC(CCN)CCC(=O)N(CC(=O)O)C(C)C. The fraction of sp³-hybridized carbons (Fsp3) is 0.846. The number of rotatable bonds is 9. The highest BCUT2D eigenvalue weighted by atomic mass is 16.4. The number of carboxylic acid groups (broad SMARTS) is 1. The third kappa shape index (κ3) is 6.59. The predicted molar refractivity (Wildman–Crippen MR) is 71.2 cm³/mol. The summed E-state index contributed by atoms with van der Waals surface area (Å²) >= 11 is 0. The summed E-state index contributed by atoms with van der Waals surface area (Å²) in [6.07, 6.45) is 3.12. The normalized spacial score (nSPS) is 12.5. The van der Waals surface area contributed by atoms with E-state index in [9.17, 15) is 9.59 Å². The maximum absolute atomic E-state index is 12.0. The molecule has 1 amide bonds. The molecule has 18 heavy (non-hydrogen) atoms. The van der Waals surface area contributed by atoms with Crippen molar-refractivity contribution in [3.63, 3.8) is 0 Å². The lowest BCUT2D eigenvalue weighted by atomic mass is 9.96. The van der Waals surface area contributed by atoms with Crippen LogP contribution in [0.1, 0.15) is 46.5 Å². The van der Waals surface area contributed by atoms with Gasteiger partial charge in [0.25, 0.3) is 0 Å². The van der Waals surface area contributed by atoms with Crippen LogP contribution in [0.3, 0.4) is 0 Å². The van der Waals surface area contributed by atoms with Gasteiger partial charge in [0.2, 0.25) is 5.91 Å². The van der Waals surface area contributed by atoms with Gasteiger partial charge in [-0.1, -0.05) is 13.3 Å². The molecule has 1 unspecified atom stereocenters. The zero-order valence-electron chi connectivity index (χ0n) is 11.7. The van der Waals surface area contributed by atoms with Crippen molar-refractivity contribution in [2.45, 2.75) is 52.5 Å². The summed E-state index contributed by atoms with van der Waals surface area (Å²) < 4.78 is 0. The van der Waals surface area contributed by atoms with Gasteiger partial charge in [0.05, 0.1) is 0 Å². The van der Waals surface area contributed by atoms with Crippen LogP contribution in [0, 0.1) is 5.92 Å². The number of hydrogen-bond acceptors (Lipinski definition) is 3. The number of nitrogens with zero attached hydrogens (tertiary/aromatic N) is 1. The molecule has 0 aromatic rings. The fourth-order valence-electron chi connectivity index (χ4n) is 1.96. The van der Waals surface area contributed by atoms with E-state index in [2.05, 4.69) is 6.92 Å². The Hall–Kier alpha value is -1.10. The van der Waals surface area contributed by atoms with Crippen LogP contribution < -0.4 is 5.73 Å². The van der Waals surface area contributed by atoms with Gasteiger partial charge in [0.15, 0.2) is 0 Å². The molecule has 0 radical (unpaired) electrons. The van der Waals surface area contributed by atoms with Crippen molar-refractivity contribution in [3.05, 3.63) is 0 Å². The molecule has 0 heterocycles. The fourth-order valence-corrected chi connectivity index (χ4v) is 1.96. The second kappa shape index (κ2) is 8.91. The Morgan fingerprint density at radius 3 is 2.28 bits per heavy atom. The largest absolute Gasteiger partial charge is 0.480 e. The average Bonchev–Trinajstić information content (AvgIpc) is 2.30. The van der Waals surface area contributed by atoms with Crippen LogP contribution in [-0.4, -0.2) is 41.0 Å². The highest BCUT2D eigenvalue weighted by Crippen LogP contribution is 2.16. The lowest BCUT2D eigenvalue weighted by Gasteiger charge is -2.25. The second-order valence-corrected chi connectivity index (χ2v) is 4.90. The van der Waals surface area contributed by atoms with E-state index in [4.69, 9.17) is 10.8 Å². The molecule has 1 atom stereocenters.